The molecule has 0 amide bonds. The van der Waals surface area contributed by atoms with Gasteiger partial charge in [0.15, 0.2) is 0 Å². The number of nitrogens with one attached hydrogen (secondary N) is 1. The lowest BCUT2D eigenvalue weighted by Gasteiger charge is -2.32. The first-order valence-electron chi connectivity index (χ1n) is 7.07. The SMILES string of the molecule is CCc1nn(C)cc1CNCC1(O)CCCCC1. The molecule has 0 spiro atoms. The highest BCUT2D eigenvalue weighted by molar-refractivity contribution is 5.16. The lowest BCUT2D eigenvalue weighted by atomic mass is 9.85. The van der Waals surface area contributed by atoms with E-state index in [0.717, 1.165) is 44.3 Å². The fourth-order valence-electron chi connectivity index (χ4n) is 2.85. The van der Waals surface area contributed by atoms with Gasteiger partial charge in [-0.3, -0.25) is 4.68 Å². The monoisotopic (exact) mass is 251 g/mol. The summed E-state index contributed by atoms with van der Waals surface area (Å²) in [5, 5.41) is 18.2. The molecule has 1 heterocycles. The molecule has 2 N–H and O–H groups in total. The summed E-state index contributed by atoms with van der Waals surface area (Å²) in [4.78, 5) is 0. The maximum absolute atomic E-state index is 10.4. The summed E-state index contributed by atoms with van der Waals surface area (Å²) in [6, 6.07) is 0. The van der Waals surface area contributed by atoms with E-state index in [2.05, 4.69) is 23.5 Å². The van der Waals surface area contributed by atoms with Gasteiger partial charge < -0.3 is 10.4 Å². The van der Waals surface area contributed by atoms with E-state index in [1.165, 1.54) is 12.0 Å². The van der Waals surface area contributed by atoms with Crippen molar-refractivity contribution in [3.05, 3.63) is 17.5 Å². The molecule has 0 aliphatic heterocycles. The van der Waals surface area contributed by atoms with Gasteiger partial charge in [-0.15, -0.1) is 0 Å². The Bertz CT molecular complexity index is 380. The maximum atomic E-state index is 10.4. The predicted molar refractivity (Wildman–Crippen MR) is 72.3 cm³/mol. The average Bonchev–Trinajstić information content (AvgIpc) is 2.70. The van der Waals surface area contributed by atoms with Gasteiger partial charge in [-0.25, -0.2) is 0 Å². The molecular weight excluding hydrogens is 226 g/mol. The largest absolute Gasteiger partial charge is 0.389 e. The first-order valence-corrected chi connectivity index (χ1v) is 7.07. The first kappa shape index (κ1) is 13.6. The summed E-state index contributed by atoms with van der Waals surface area (Å²) >= 11 is 0. The molecular formula is C14H25N3O. The summed E-state index contributed by atoms with van der Waals surface area (Å²) in [7, 11) is 1.96. The van der Waals surface area contributed by atoms with Gasteiger partial charge in [0.05, 0.1) is 11.3 Å². The molecule has 1 saturated carbocycles. The molecule has 0 bridgehead atoms. The van der Waals surface area contributed by atoms with Crippen molar-refractivity contribution < 1.29 is 5.11 Å². The Labute approximate surface area is 109 Å². The van der Waals surface area contributed by atoms with Crippen LogP contribution in [-0.2, 0) is 20.0 Å². The van der Waals surface area contributed by atoms with Crippen LogP contribution >= 0.6 is 0 Å². The smallest absolute Gasteiger partial charge is 0.0771 e. The number of hydrogen-bond acceptors (Lipinski definition) is 3. The Kier molecular flexibility index (Phi) is 4.40. The molecule has 0 saturated heterocycles. The zero-order chi connectivity index (χ0) is 13.0. The molecule has 4 heteroatoms. The van der Waals surface area contributed by atoms with Crippen molar-refractivity contribution in [2.45, 2.75) is 57.6 Å². The van der Waals surface area contributed by atoms with Crippen molar-refractivity contribution >= 4 is 0 Å². The van der Waals surface area contributed by atoms with Crippen LogP contribution in [0.1, 0.15) is 50.3 Å². The summed E-state index contributed by atoms with van der Waals surface area (Å²) in [6.07, 6.45) is 8.49. The third-order valence-corrected chi connectivity index (χ3v) is 3.88. The molecule has 0 unspecified atom stereocenters. The van der Waals surface area contributed by atoms with E-state index in [4.69, 9.17) is 0 Å². The summed E-state index contributed by atoms with van der Waals surface area (Å²) in [6.45, 7) is 3.63. The van der Waals surface area contributed by atoms with E-state index < -0.39 is 5.60 Å². The van der Waals surface area contributed by atoms with Gasteiger partial charge in [0, 0.05) is 31.9 Å². The fourth-order valence-corrected chi connectivity index (χ4v) is 2.85. The highest BCUT2D eigenvalue weighted by atomic mass is 16.3. The van der Waals surface area contributed by atoms with Crippen LogP contribution in [0.25, 0.3) is 0 Å². The Morgan fingerprint density at radius 3 is 2.78 bits per heavy atom. The minimum atomic E-state index is -0.479. The van der Waals surface area contributed by atoms with Crippen LogP contribution in [0.4, 0.5) is 0 Å². The molecule has 1 aromatic rings. The Morgan fingerprint density at radius 1 is 1.39 bits per heavy atom. The van der Waals surface area contributed by atoms with Gasteiger partial charge in [0.1, 0.15) is 0 Å². The molecule has 1 aromatic heterocycles. The van der Waals surface area contributed by atoms with Gasteiger partial charge in [-0.1, -0.05) is 26.2 Å². The van der Waals surface area contributed by atoms with Crippen LogP contribution in [0.5, 0.6) is 0 Å². The van der Waals surface area contributed by atoms with E-state index >= 15 is 0 Å². The lowest BCUT2D eigenvalue weighted by Crippen LogP contribution is -2.41. The van der Waals surface area contributed by atoms with Crippen LogP contribution < -0.4 is 5.32 Å². The summed E-state index contributed by atoms with van der Waals surface area (Å²) < 4.78 is 1.87. The molecule has 1 aliphatic rings. The molecule has 102 valence electrons. The number of aliphatic hydroxyl groups is 1. The van der Waals surface area contributed by atoms with Gasteiger partial charge in [-0.05, 0) is 19.3 Å². The second-order valence-electron chi connectivity index (χ2n) is 5.52. The van der Waals surface area contributed by atoms with Crippen LogP contribution in [0.3, 0.4) is 0 Å². The van der Waals surface area contributed by atoms with Crippen molar-refractivity contribution in [1.29, 1.82) is 0 Å². The minimum Gasteiger partial charge on any atom is -0.389 e. The third kappa shape index (κ3) is 3.33. The Morgan fingerprint density at radius 2 is 2.11 bits per heavy atom. The van der Waals surface area contributed by atoms with Crippen molar-refractivity contribution in [1.82, 2.24) is 15.1 Å². The average molecular weight is 251 g/mol. The molecule has 1 fully saturated rings. The number of hydrogen-bond donors (Lipinski definition) is 2. The van der Waals surface area contributed by atoms with Crippen molar-refractivity contribution in [2.75, 3.05) is 6.54 Å². The van der Waals surface area contributed by atoms with Crippen LogP contribution in [-0.4, -0.2) is 27.0 Å². The second kappa shape index (κ2) is 5.85. The standard InChI is InChI=1S/C14H25N3O/c1-3-13-12(10-17(2)16-13)9-15-11-14(18)7-5-4-6-8-14/h10,15,18H,3-9,11H2,1-2H3. The molecule has 4 nitrogen and oxygen atoms in total. The molecule has 2 rings (SSSR count). The van der Waals surface area contributed by atoms with Gasteiger partial charge in [0.25, 0.3) is 0 Å². The molecule has 18 heavy (non-hydrogen) atoms. The summed E-state index contributed by atoms with van der Waals surface area (Å²) in [5.74, 6) is 0. The number of aromatic nitrogens is 2. The molecule has 0 atom stereocenters. The minimum absolute atomic E-state index is 0.479. The second-order valence-corrected chi connectivity index (χ2v) is 5.52. The quantitative estimate of drug-likeness (QED) is 0.838. The summed E-state index contributed by atoms with van der Waals surface area (Å²) in [5.41, 5.74) is 1.92. The lowest BCUT2D eigenvalue weighted by molar-refractivity contribution is 0.00466. The fraction of sp³-hybridized carbons (Fsp3) is 0.786. The highest BCUT2D eigenvalue weighted by Crippen LogP contribution is 2.27. The van der Waals surface area contributed by atoms with Gasteiger partial charge in [-0.2, -0.15) is 5.10 Å². The Hall–Kier alpha value is -0.870. The number of aryl methyl sites for hydroxylation is 2. The van der Waals surface area contributed by atoms with E-state index in [1.54, 1.807) is 0 Å². The third-order valence-electron chi connectivity index (χ3n) is 3.88. The van der Waals surface area contributed by atoms with Crippen LogP contribution in [0.15, 0.2) is 6.20 Å². The van der Waals surface area contributed by atoms with Crippen LogP contribution in [0.2, 0.25) is 0 Å². The molecule has 0 radical (unpaired) electrons. The topological polar surface area (TPSA) is 50.1 Å². The van der Waals surface area contributed by atoms with E-state index in [1.807, 2.05) is 11.7 Å². The first-order chi connectivity index (χ1) is 8.63. The van der Waals surface area contributed by atoms with Gasteiger partial charge in [0.2, 0.25) is 0 Å². The van der Waals surface area contributed by atoms with Crippen molar-refractivity contribution in [3.63, 3.8) is 0 Å². The molecule has 1 aliphatic carbocycles. The number of rotatable bonds is 5. The number of nitrogens with zero attached hydrogens (tertiary/aromatic N) is 2. The van der Waals surface area contributed by atoms with Gasteiger partial charge >= 0.3 is 0 Å². The van der Waals surface area contributed by atoms with Crippen LogP contribution in [0, 0.1) is 0 Å². The molecule has 0 aromatic carbocycles. The van der Waals surface area contributed by atoms with E-state index in [0.29, 0.717) is 6.54 Å². The van der Waals surface area contributed by atoms with E-state index in [-0.39, 0.29) is 0 Å². The van der Waals surface area contributed by atoms with E-state index in [9.17, 15) is 5.11 Å². The van der Waals surface area contributed by atoms with Crippen molar-refractivity contribution in [3.8, 4) is 0 Å². The normalized spacial score (nSPS) is 19.1. The highest BCUT2D eigenvalue weighted by Gasteiger charge is 2.28. The Balaban J connectivity index is 1.84. The van der Waals surface area contributed by atoms with Crippen molar-refractivity contribution in [2.24, 2.45) is 7.05 Å². The zero-order valence-corrected chi connectivity index (χ0v) is 11.6. The zero-order valence-electron chi connectivity index (χ0n) is 11.6. The maximum Gasteiger partial charge on any atom is 0.0771 e. The predicted octanol–water partition coefficient (Wildman–Crippen LogP) is 1.77.